The number of fused-ring (bicyclic) bond motifs is 2. The van der Waals surface area contributed by atoms with Gasteiger partial charge in [0.1, 0.15) is 11.9 Å². The third-order valence-electron chi connectivity index (χ3n) is 5.69. The van der Waals surface area contributed by atoms with Crippen molar-refractivity contribution >= 4 is 40.3 Å². The van der Waals surface area contributed by atoms with E-state index < -0.39 is 23.1 Å². The Labute approximate surface area is 204 Å². The Kier molecular flexibility index (Phi) is 6.29. The summed E-state index contributed by atoms with van der Waals surface area (Å²) < 4.78 is 11.4. The van der Waals surface area contributed by atoms with Crippen LogP contribution in [0.5, 0.6) is 5.75 Å². The largest absolute Gasteiger partial charge is 0.489 e. The van der Waals surface area contributed by atoms with Crippen LogP contribution >= 0.6 is 11.8 Å². The van der Waals surface area contributed by atoms with Gasteiger partial charge in [0.05, 0.1) is 11.1 Å². The van der Waals surface area contributed by atoms with Crippen LogP contribution in [0.3, 0.4) is 0 Å². The zero-order valence-corrected chi connectivity index (χ0v) is 19.3. The number of anilines is 1. The number of carbonyl (C=O) groups is 2. The maximum atomic E-state index is 13.0. The minimum absolute atomic E-state index is 0.0192. The van der Waals surface area contributed by atoms with Crippen molar-refractivity contribution in [1.29, 1.82) is 0 Å². The van der Waals surface area contributed by atoms with Gasteiger partial charge in [0.15, 0.2) is 11.0 Å². The summed E-state index contributed by atoms with van der Waals surface area (Å²) in [6, 6.07) is 21.1. The molecule has 0 bridgehead atoms. The molecule has 1 atom stereocenters. The Bertz CT molecular complexity index is 1480. The van der Waals surface area contributed by atoms with Gasteiger partial charge < -0.3 is 19.6 Å². The quantitative estimate of drug-likeness (QED) is 0.379. The van der Waals surface area contributed by atoms with Gasteiger partial charge in [-0.3, -0.25) is 9.59 Å². The highest BCUT2D eigenvalue weighted by Crippen LogP contribution is 2.32. The second-order valence-electron chi connectivity index (χ2n) is 8.18. The summed E-state index contributed by atoms with van der Waals surface area (Å²) in [4.78, 5) is 36.5. The molecule has 2 N–H and O–H groups in total. The van der Waals surface area contributed by atoms with Gasteiger partial charge in [-0.15, -0.1) is 0 Å². The molecule has 4 aromatic rings. The Hall–Kier alpha value is -4.04. The van der Waals surface area contributed by atoms with Crippen LogP contribution in [0.1, 0.15) is 32.0 Å². The summed E-state index contributed by atoms with van der Waals surface area (Å²) in [6.07, 6.45) is 0.752. The molecule has 1 aliphatic heterocycles. The molecule has 35 heavy (non-hydrogen) atoms. The summed E-state index contributed by atoms with van der Waals surface area (Å²) in [6.45, 7) is 0. The van der Waals surface area contributed by atoms with Crippen molar-refractivity contribution in [3.63, 3.8) is 0 Å². The van der Waals surface area contributed by atoms with Gasteiger partial charge in [-0.05, 0) is 41.5 Å². The molecular formula is C27H21NO6S. The maximum Gasteiger partial charge on any atom is 0.371 e. The van der Waals surface area contributed by atoms with Gasteiger partial charge in [-0.1, -0.05) is 36.4 Å². The number of benzene rings is 3. The van der Waals surface area contributed by atoms with Gasteiger partial charge in [0.2, 0.25) is 5.76 Å². The highest BCUT2D eigenvalue weighted by atomic mass is 32.2. The first-order valence-electron chi connectivity index (χ1n) is 11.0. The molecular weight excluding hydrogens is 466 g/mol. The second-order valence-corrected chi connectivity index (χ2v) is 9.21. The van der Waals surface area contributed by atoms with Gasteiger partial charge >= 0.3 is 5.97 Å². The monoisotopic (exact) mass is 487 g/mol. The average Bonchev–Trinajstić information content (AvgIpc) is 3.27. The van der Waals surface area contributed by atoms with E-state index in [0.717, 1.165) is 28.9 Å². The van der Waals surface area contributed by atoms with Gasteiger partial charge in [-0.25, -0.2) is 4.79 Å². The molecule has 0 spiro atoms. The van der Waals surface area contributed by atoms with E-state index in [1.54, 1.807) is 30.3 Å². The molecule has 1 unspecified atom stereocenters. The molecule has 0 radical (unpaired) electrons. The lowest BCUT2D eigenvalue weighted by molar-refractivity contribution is 0.0663. The molecule has 1 aromatic heterocycles. The predicted molar refractivity (Wildman–Crippen MR) is 135 cm³/mol. The van der Waals surface area contributed by atoms with Crippen LogP contribution in [0.4, 0.5) is 5.69 Å². The number of hydrogen-bond acceptors (Lipinski definition) is 6. The van der Waals surface area contributed by atoms with E-state index in [1.165, 1.54) is 11.6 Å². The lowest BCUT2D eigenvalue weighted by Gasteiger charge is -2.10. The fourth-order valence-corrected chi connectivity index (χ4v) is 5.01. The Morgan fingerprint density at radius 2 is 1.86 bits per heavy atom. The van der Waals surface area contributed by atoms with Crippen LogP contribution in [0.2, 0.25) is 0 Å². The van der Waals surface area contributed by atoms with Crippen LogP contribution in [-0.4, -0.2) is 28.8 Å². The summed E-state index contributed by atoms with van der Waals surface area (Å²) in [5, 5.41) is 12.1. The number of thioether (sulfide) groups is 1. The molecule has 5 rings (SSSR count). The topological polar surface area (TPSA) is 106 Å². The molecule has 1 amide bonds. The molecule has 8 heteroatoms. The Morgan fingerprint density at radius 1 is 1.03 bits per heavy atom. The normalized spacial score (nSPS) is 14.3. The summed E-state index contributed by atoms with van der Waals surface area (Å²) in [5.41, 5.74) is 2.40. The fraction of sp³-hybridized carbons (Fsp3) is 0.148. The lowest BCUT2D eigenvalue weighted by atomic mass is 10.1. The highest BCUT2D eigenvalue weighted by molar-refractivity contribution is 7.98. The third kappa shape index (κ3) is 4.93. The van der Waals surface area contributed by atoms with Crippen molar-refractivity contribution in [2.45, 2.75) is 18.3 Å². The number of para-hydroxylation sites is 1. The number of carboxylic acids is 1. The number of aromatic carboxylic acids is 1. The lowest BCUT2D eigenvalue weighted by Crippen LogP contribution is -2.16. The zero-order valence-electron chi connectivity index (χ0n) is 18.5. The van der Waals surface area contributed by atoms with E-state index in [-0.39, 0.29) is 22.8 Å². The highest BCUT2D eigenvalue weighted by Gasteiger charge is 2.24. The van der Waals surface area contributed by atoms with E-state index in [2.05, 4.69) is 17.4 Å². The molecule has 0 saturated heterocycles. The van der Waals surface area contributed by atoms with Crippen LogP contribution in [0, 0.1) is 0 Å². The molecule has 0 aliphatic carbocycles. The number of carboxylic acid groups (broad SMARTS) is 1. The second kappa shape index (κ2) is 9.68. The Balaban J connectivity index is 1.28. The molecule has 1 aliphatic rings. The molecule has 3 aromatic carbocycles. The van der Waals surface area contributed by atoms with E-state index in [1.807, 2.05) is 30.0 Å². The van der Waals surface area contributed by atoms with E-state index >= 15 is 0 Å². The zero-order chi connectivity index (χ0) is 24.4. The van der Waals surface area contributed by atoms with E-state index in [0.29, 0.717) is 12.0 Å². The number of nitrogens with one attached hydrogen (secondary N) is 1. The Morgan fingerprint density at radius 3 is 2.66 bits per heavy atom. The summed E-state index contributed by atoms with van der Waals surface area (Å²) in [5.74, 6) is 0.275. The van der Waals surface area contributed by atoms with E-state index in [9.17, 15) is 19.5 Å². The van der Waals surface area contributed by atoms with Crippen molar-refractivity contribution < 1.29 is 23.8 Å². The first-order valence-corrected chi connectivity index (χ1v) is 12.2. The van der Waals surface area contributed by atoms with Crippen molar-refractivity contribution in [3.8, 4) is 5.75 Å². The number of ether oxygens (including phenoxy) is 1. The summed E-state index contributed by atoms with van der Waals surface area (Å²) in [7, 11) is 0. The first kappa shape index (κ1) is 22.7. The van der Waals surface area contributed by atoms with Crippen LogP contribution in [0.25, 0.3) is 11.0 Å². The van der Waals surface area contributed by atoms with Crippen LogP contribution in [0.15, 0.2) is 82.0 Å². The van der Waals surface area contributed by atoms with Crippen molar-refractivity contribution in [1.82, 2.24) is 0 Å². The minimum atomic E-state index is -1.36. The molecule has 0 fully saturated rings. The van der Waals surface area contributed by atoms with Crippen molar-refractivity contribution in [2.24, 2.45) is 0 Å². The van der Waals surface area contributed by atoms with Crippen molar-refractivity contribution in [3.05, 3.63) is 105 Å². The number of hydrogen-bond donors (Lipinski definition) is 2. The van der Waals surface area contributed by atoms with Gasteiger partial charge in [0, 0.05) is 29.6 Å². The minimum Gasteiger partial charge on any atom is -0.489 e. The predicted octanol–water partition coefficient (Wildman–Crippen LogP) is 4.98. The molecule has 2 heterocycles. The number of carbonyl (C=O) groups excluding carboxylic acids is 1. The summed E-state index contributed by atoms with van der Waals surface area (Å²) >= 11 is 1.81. The fourth-order valence-electron chi connectivity index (χ4n) is 4.01. The number of amides is 1. The van der Waals surface area contributed by atoms with Crippen molar-refractivity contribution in [2.75, 3.05) is 11.1 Å². The van der Waals surface area contributed by atoms with Gasteiger partial charge in [0.25, 0.3) is 5.91 Å². The maximum absolute atomic E-state index is 13.0. The SMILES string of the molecule is O=C(Nc1cccc2c(=O)cc(C(=O)O)oc12)c1ccc2c(c1)CC(CSCc1ccccc1)O2. The number of rotatable bonds is 7. The molecule has 7 nitrogen and oxygen atoms in total. The molecule has 176 valence electrons. The molecule has 0 saturated carbocycles. The van der Waals surface area contributed by atoms with Crippen LogP contribution in [-0.2, 0) is 12.2 Å². The van der Waals surface area contributed by atoms with Gasteiger partial charge in [-0.2, -0.15) is 11.8 Å². The standard InChI is InChI=1S/C27H21NO6S/c29-22-13-24(27(31)32)34-25-20(22)7-4-8-21(25)28-26(30)17-9-10-23-18(11-17)12-19(33-23)15-35-14-16-5-2-1-3-6-16/h1-11,13,19H,12,14-15H2,(H,28,30)(H,31,32). The average molecular weight is 488 g/mol. The third-order valence-corrected chi connectivity index (χ3v) is 6.84. The van der Waals surface area contributed by atoms with E-state index in [4.69, 9.17) is 9.15 Å². The smallest absolute Gasteiger partial charge is 0.371 e. The van der Waals surface area contributed by atoms with Crippen LogP contribution < -0.4 is 15.5 Å². The first-order chi connectivity index (χ1) is 17.0.